The van der Waals surface area contributed by atoms with Gasteiger partial charge in [0.15, 0.2) is 5.78 Å². The van der Waals surface area contributed by atoms with Crippen LogP contribution in [0.5, 0.6) is 0 Å². The molecule has 0 spiro atoms. The van der Waals surface area contributed by atoms with Gasteiger partial charge in [-0.3, -0.25) is 9.78 Å². The number of benzene rings is 2. The van der Waals surface area contributed by atoms with E-state index in [0.717, 1.165) is 48.2 Å². The molecule has 3 nitrogen and oxygen atoms in total. The Kier molecular flexibility index (Phi) is 3.78. The van der Waals surface area contributed by atoms with Crippen molar-refractivity contribution in [1.82, 2.24) is 9.97 Å². The smallest absolute Gasteiger partial charge is 0.162 e. The van der Waals surface area contributed by atoms with Gasteiger partial charge in [-0.25, -0.2) is 4.98 Å². The van der Waals surface area contributed by atoms with Crippen molar-refractivity contribution in [3.8, 4) is 11.1 Å². The van der Waals surface area contributed by atoms with Gasteiger partial charge in [0, 0.05) is 27.6 Å². The van der Waals surface area contributed by atoms with E-state index in [0.29, 0.717) is 5.56 Å². The summed E-state index contributed by atoms with van der Waals surface area (Å²) in [5, 5.41) is 2.16. The maximum atomic E-state index is 12.5. The second-order valence-corrected chi connectivity index (χ2v) is 8.19. The summed E-state index contributed by atoms with van der Waals surface area (Å²) in [4.78, 5) is 23.2. The number of aryl methyl sites for hydroxylation is 2. The quantitative estimate of drug-likeness (QED) is 0.328. The zero-order valence-electron chi connectivity index (χ0n) is 15.9. The number of carbonyl (C=O) groups is 1. The van der Waals surface area contributed by atoms with E-state index in [2.05, 4.69) is 43.3 Å². The van der Waals surface area contributed by atoms with Crippen LogP contribution in [0.15, 0.2) is 54.6 Å². The van der Waals surface area contributed by atoms with Crippen molar-refractivity contribution < 1.29 is 4.79 Å². The Bertz CT molecular complexity index is 1400. The molecule has 0 fully saturated rings. The first-order chi connectivity index (χ1) is 13.5. The maximum Gasteiger partial charge on any atom is 0.162 e. The van der Waals surface area contributed by atoms with Crippen molar-refractivity contribution in [3.05, 3.63) is 71.4 Å². The average molecular weight is 382 g/mol. The van der Waals surface area contributed by atoms with E-state index >= 15 is 0 Å². The maximum absolute atomic E-state index is 12.5. The van der Waals surface area contributed by atoms with Crippen molar-refractivity contribution in [2.75, 3.05) is 0 Å². The SMILES string of the molecule is CC(=O)c1c(C)nc2c(sc3nc4ccc(C)cc4cc32)c1-c1ccccc1. The topological polar surface area (TPSA) is 42.9 Å². The predicted molar refractivity (Wildman–Crippen MR) is 117 cm³/mol. The first-order valence-electron chi connectivity index (χ1n) is 9.23. The number of hydrogen-bond acceptors (Lipinski definition) is 4. The highest BCUT2D eigenvalue weighted by atomic mass is 32.1. The van der Waals surface area contributed by atoms with Crippen LogP contribution in [0.25, 0.3) is 42.5 Å². The van der Waals surface area contributed by atoms with Gasteiger partial charge >= 0.3 is 0 Å². The molecule has 3 heterocycles. The molecule has 0 aliphatic rings. The molecule has 0 amide bonds. The van der Waals surface area contributed by atoms with Gasteiger partial charge in [-0.2, -0.15) is 0 Å². The van der Waals surface area contributed by atoms with Gasteiger partial charge in [0.1, 0.15) is 4.83 Å². The Morgan fingerprint density at radius 3 is 2.50 bits per heavy atom. The summed E-state index contributed by atoms with van der Waals surface area (Å²) < 4.78 is 1.02. The summed E-state index contributed by atoms with van der Waals surface area (Å²) in [5.74, 6) is 0.0388. The van der Waals surface area contributed by atoms with E-state index in [1.165, 1.54) is 5.56 Å². The molecule has 0 unspecified atom stereocenters. The largest absolute Gasteiger partial charge is 0.294 e. The molecule has 0 aliphatic heterocycles. The fourth-order valence-corrected chi connectivity index (χ4v) is 5.08. The van der Waals surface area contributed by atoms with Crippen LogP contribution in [0.3, 0.4) is 0 Å². The van der Waals surface area contributed by atoms with Crippen LogP contribution < -0.4 is 0 Å². The van der Waals surface area contributed by atoms with Crippen LogP contribution in [0.4, 0.5) is 0 Å². The number of fused-ring (bicyclic) bond motifs is 4. The van der Waals surface area contributed by atoms with E-state index in [1.807, 2.05) is 25.1 Å². The van der Waals surface area contributed by atoms with Gasteiger partial charge in [-0.15, -0.1) is 11.3 Å². The monoisotopic (exact) mass is 382 g/mol. The molecule has 0 bridgehead atoms. The van der Waals surface area contributed by atoms with E-state index in [-0.39, 0.29) is 5.78 Å². The average Bonchev–Trinajstić information content (AvgIpc) is 3.02. The van der Waals surface area contributed by atoms with Crippen molar-refractivity contribution >= 4 is 48.5 Å². The minimum atomic E-state index is 0.0388. The lowest BCUT2D eigenvalue weighted by atomic mass is 9.96. The third-order valence-electron chi connectivity index (χ3n) is 5.14. The number of rotatable bonds is 2. The Hall–Kier alpha value is -3.11. The molecule has 0 saturated carbocycles. The number of carbonyl (C=O) groups excluding carboxylic acids is 1. The number of Topliss-reactive ketones (excluding diaryl/α,β-unsaturated/α-hetero) is 1. The van der Waals surface area contributed by atoms with E-state index in [4.69, 9.17) is 9.97 Å². The number of nitrogens with zero attached hydrogens (tertiary/aromatic N) is 2. The minimum absolute atomic E-state index is 0.0388. The molecule has 0 radical (unpaired) electrons. The van der Waals surface area contributed by atoms with Crippen molar-refractivity contribution in [1.29, 1.82) is 0 Å². The summed E-state index contributed by atoms with van der Waals surface area (Å²) in [6.45, 7) is 5.63. The fraction of sp³-hybridized carbons (Fsp3) is 0.125. The highest BCUT2D eigenvalue weighted by Gasteiger charge is 2.21. The highest BCUT2D eigenvalue weighted by molar-refractivity contribution is 7.26. The molecular weight excluding hydrogens is 364 g/mol. The lowest BCUT2D eigenvalue weighted by Gasteiger charge is -2.11. The first kappa shape index (κ1) is 17.0. The van der Waals surface area contributed by atoms with Gasteiger partial charge in [-0.1, -0.05) is 42.0 Å². The van der Waals surface area contributed by atoms with Crippen molar-refractivity contribution in [3.63, 3.8) is 0 Å². The summed E-state index contributed by atoms with van der Waals surface area (Å²) in [6.07, 6.45) is 0. The summed E-state index contributed by atoms with van der Waals surface area (Å²) in [5.41, 5.74) is 6.59. The van der Waals surface area contributed by atoms with Gasteiger partial charge in [-0.05, 0) is 44.5 Å². The second kappa shape index (κ2) is 6.21. The minimum Gasteiger partial charge on any atom is -0.294 e. The fourth-order valence-electron chi connectivity index (χ4n) is 3.90. The van der Waals surface area contributed by atoms with Gasteiger partial charge in [0.25, 0.3) is 0 Å². The molecule has 2 aromatic carbocycles. The molecular formula is C24H18N2OS. The Labute approximate surface area is 166 Å². The van der Waals surface area contributed by atoms with Crippen LogP contribution in [0.1, 0.15) is 28.5 Å². The molecule has 3 aromatic heterocycles. The molecule has 0 N–H and O–H groups in total. The third-order valence-corrected chi connectivity index (χ3v) is 6.24. The first-order valence-corrected chi connectivity index (χ1v) is 10.0. The standard InChI is InChI=1S/C24H18N2OS/c1-13-9-10-19-17(11-13)12-18-22-23(28-24(18)26-19)21(16-7-5-4-6-8-16)20(15(3)27)14(2)25-22/h4-12H,1-3H3. The van der Waals surface area contributed by atoms with Crippen LogP contribution in [-0.2, 0) is 0 Å². The van der Waals surface area contributed by atoms with Crippen LogP contribution in [0, 0.1) is 13.8 Å². The molecule has 0 atom stereocenters. The summed E-state index contributed by atoms with van der Waals surface area (Å²) in [6, 6.07) is 18.6. The zero-order chi connectivity index (χ0) is 19.4. The number of hydrogen-bond donors (Lipinski definition) is 0. The van der Waals surface area contributed by atoms with Crippen LogP contribution in [0.2, 0.25) is 0 Å². The lowest BCUT2D eigenvalue weighted by molar-refractivity contribution is 0.101. The van der Waals surface area contributed by atoms with E-state index in [9.17, 15) is 4.79 Å². The van der Waals surface area contributed by atoms with Gasteiger partial charge < -0.3 is 0 Å². The zero-order valence-corrected chi connectivity index (χ0v) is 16.7. The van der Waals surface area contributed by atoms with Gasteiger partial charge in [0.2, 0.25) is 0 Å². The van der Waals surface area contributed by atoms with Gasteiger partial charge in [0.05, 0.1) is 15.7 Å². The Morgan fingerprint density at radius 2 is 1.75 bits per heavy atom. The molecule has 5 rings (SSSR count). The molecule has 4 heteroatoms. The predicted octanol–water partition coefficient (Wildman–Crippen LogP) is 6.48. The lowest BCUT2D eigenvalue weighted by Crippen LogP contribution is -2.02. The van der Waals surface area contributed by atoms with Crippen LogP contribution in [-0.4, -0.2) is 15.8 Å². The van der Waals surface area contributed by atoms with E-state index < -0.39 is 0 Å². The number of pyridine rings is 2. The summed E-state index contributed by atoms with van der Waals surface area (Å²) >= 11 is 1.62. The normalized spacial score (nSPS) is 11.5. The summed E-state index contributed by atoms with van der Waals surface area (Å²) in [7, 11) is 0. The number of thiophene rings is 1. The number of aromatic nitrogens is 2. The van der Waals surface area contributed by atoms with Crippen LogP contribution >= 0.6 is 11.3 Å². The molecule has 136 valence electrons. The second-order valence-electron chi connectivity index (χ2n) is 7.19. The highest BCUT2D eigenvalue weighted by Crippen LogP contribution is 2.42. The molecule has 5 aromatic rings. The number of ketones is 1. The van der Waals surface area contributed by atoms with Crippen molar-refractivity contribution in [2.45, 2.75) is 20.8 Å². The third kappa shape index (κ3) is 2.53. The molecule has 0 aliphatic carbocycles. The molecule has 0 saturated heterocycles. The van der Waals surface area contributed by atoms with Crippen molar-refractivity contribution in [2.24, 2.45) is 0 Å². The van der Waals surface area contributed by atoms with E-state index in [1.54, 1.807) is 18.3 Å². The Morgan fingerprint density at radius 1 is 0.964 bits per heavy atom. The molecule has 28 heavy (non-hydrogen) atoms. The Balaban J connectivity index is 1.97.